The minimum absolute atomic E-state index is 0.0981. The summed E-state index contributed by atoms with van der Waals surface area (Å²) in [5.41, 5.74) is 2.69. The monoisotopic (exact) mass is 342 g/mol. The zero-order valence-electron chi connectivity index (χ0n) is 15.8. The molecule has 0 N–H and O–H groups in total. The third-order valence-corrected chi connectivity index (χ3v) is 6.46. The van der Waals surface area contributed by atoms with Crippen molar-refractivity contribution < 1.29 is 14.3 Å². The van der Waals surface area contributed by atoms with Crippen molar-refractivity contribution in [1.29, 1.82) is 0 Å². The highest BCUT2D eigenvalue weighted by Gasteiger charge is 2.53. The number of ether oxygens (including phenoxy) is 2. The molecule has 1 aliphatic heterocycles. The predicted molar refractivity (Wildman–Crippen MR) is 99.1 cm³/mol. The molecule has 2 bridgehead atoms. The molecule has 3 rings (SSSR count). The first kappa shape index (κ1) is 18.2. The Labute approximate surface area is 151 Å². The molecule has 3 nitrogen and oxygen atoms in total. The topological polar surface area (TPSA) is 35.5 Å². The van der Waals surface area contributed by atoms with E-state index in [0.717, 1.165) is 12.8 Å². The first-order valence-corrected chi connectivity index (χ1v) is 9.41. The Balaban J connectivity index is 1.76. The van der Waals surface area contributed by atoms with Crippen molar-refractivity contribution in [2.45, 2.75) is 46.6 Å². The summed E-state index contributed by atoms with van der Waals surface area (Å²) >= 11 is 0. The summed E-state index contributed by atoms with van der Waals surface area (Å²) in [5, 5.41) is 0. The normalized spacial score (nSPS) is 34.3. The van der Waals surface area contributed by atoms with Crippen molar-refractivity contribution in [1.82, 2.24) is 0 Å². The van der Waals surface area contributed by atoms with E-state index in [2.05, 4.69) is 57.2 Å². The fourth-order valence-corrected chi connectivity index (χ4v) is 4.84. The number of esters is 1. The number of allylic oxidation sites excluding steroid dienone is 1. The summed E-state index contributed by atoms with van der Waals surface area (Å²) in [6.45, 7) is 9.39. The SMILES string of the molecule is CC(=O)OC[C@]12CO[C@@H](CCc3ccccc3)[C@@H](C(C)=C[C@H]1C)[C@H]2C. The van der Waals surface area contributed by atoms with Crippen molar-refractivity contribution in [2.24, 2.45) is 23.2 Å². The molecule has 0 spiro atoms. The van der Waals surface area contributed by atoms with Gasteiger partial charge in [0, 0.05) is 18.3 Å². The fraction of sp³-hybridized carbons (Fsp3) is 0.591. The molecule has 1 aromatic carbocycles. The molecule has 25 heavy (non-hydrogen) atoms. The lowest BCUT2D eigenvalue weighted by molar-refractivity contribution is -0.179. The van der Waals surface area contributed by atoms with Gasteiger partial charge in [0.25, 0.3) is 0 Å². The summed E-state index contributed by atoms with van der Waals surface area (Å²) in [6.07, 6.45) is 4.69. The van der Waals surface area contributed by atoms with Gasteiger partial charge < -0.3 is 9.47 Å². The van der Waals surface area contributed by atoms with Gasteiger partial charge in [-0.3, -0.25) is 4.79 Å². The number of aryl methyl sites for hydroxylation is 1. The van der Waals surface area contributed by atoms with Gasteiger partial charge in [-0.2, -0.15) is 0 Å². The van der Waals surface area contributed by atoms with Gasteiger partial charge in [-0.25, -0.2) is 0 Å². The average molecular weight is 342 g/mol. The van der Waals surface area contributed by atoms with Crippen LogP contribution in [0.2, 0.25) is 0 Å². The molecule has 1 heterocycles. The van der Waals surface area contributed by atoms with Gasteiger partial charge in [0.2, 0.25) is 0 Å². The van der Waals surface area contributed by atoms with E-state index in [1.807, 2.05) is 0 Å². The Hall–Kier alpha value is -1.61. The predicted octanol–water partition coefficient (Wildman–Crippen LogP) is 4.42. The van der Waals surface area contributed by atoms with Crippen LogP contribution < -0.4 is 0 Å². The van der Waals surface area contributed by atoms with Gasteiger partial charge in [-0.1, -0.05) is 55.8 Å². The van der Waals surface area contributed by atoms with Crippen LogP contribution in [0, 0.1) is 23.2 Å². The Bertz CT molecular complexity index is 636. The van der Waals surface area contributed by atoms with Crippen LogP contribution >= 0.6 is 0 Å². The molecule has 0 saturated carbocycles. The minimum atomic E-state index is -0.206. The number of hydrogen-bond acceptors (Lipinski definition) is 3. The Morgan fingerprint density at radius 1 is 1.28 bits per heavy atom. The summed E-state index contributed by atoms with van der Waals surface area (Å²) in [6, 6.07) is 10.6. The van der Waals surface area contributed by atoms with E-state index in [1.54, 1.807) is 0 Å². The van der Waals surface area contributed by atoms with Crippen molar-refractivity contribution in [2.75, 3.05) is 13.2 Å². The molecule has 1 fully saturated rings. The highest BCUT2D eigenvalue weighted by atomic mass is 16.5. The van der Waals surface area contributed by atoms with E-state index in [0.29, 0.717) is 31.0 Å². The van der Waals surface area contributed by atoms with Crippen molar-refractivity contribution >= 4 is 5.97 Å². The molecular weight excluding hydrogens is 312 g/mol. The Morgan fingerprint density at radius 2 is 2.00 bits per heavy atom. The van der Waals surface area contributed by atoms with Crippen LogP contribution in [0.4, 0.5) is 0 Å². The van der Waals surface area contributed by atoms with E-state index in [4.69, 9.17) is 9.47 Å². The standard InChI is InChI=1S/C22H30O3/c1-15-12-16(2)22(13-24-18(4)23)14-25-20(21(15)17(22)3)11-10-19-8-6-5-7-9-19/h5-9,12,16-17,20-21H,10-11,13-14H2,1-4H3/t16-,17-,20+,21+,22+/m1/s1. The molecule has 0 unspecified atom stereocenters. The maximum atomic E-state index is 11.4. The van der Waals surface area contributed by atoms with E-state index < -0.39 is 0 Å². The number of hydrogen-bond donors (Lipinski definition) is 0. The van der Waals surface area contributed by atoms with Crippen molar-refractivity contribution in [3.8, 4) is 0 Å². The second-order valence-electron chi connectivity index (χ2n) is 7.90. The van der Waals surface area contributed by atoms with Gasteiger partial charge in [-0.05, 0) is 37.2 Å². The van der Waals surface area contributed by atoms with Crippen LogP contribution in [0.1, 0.15) is 39.7 Å². The van der Waals surface area contributed by atoms with Gasteiger partial charge in [0.05, 0.1) is 19.3 Å². The molecule has 3 heteroatoms. The van der Waals surface area contributed by atoms with Crippen LogP contribution in [0.25, 0.3) is 0 Å². The zero-order valence-corrected chi connectivity index (χ0v) is 15.8. The second-order valence-corrected chi connectivity index (χ2v) is 7.90. The lowest BCUT2D eigenvalue weighted by atomic mass is 9.56. The summed E-state index contributed by atoms with van der Waals surface area (Å²) in [5.74, 6) is 1.00. The summed E-state index contributed by atoms with van der Waals surface area (Å²) < 4.78 is 11.8. The van der Waals surface area contributed by atoms with E-state index in [9.17, 15) is 4.79 Å². The molecular formula is C22H30O3. The smallest absolute Gasteiger partial charge is 0.302 e. The van der Waals surface area contributed by atoms with Crippen molar-refractivity contribution in [3.05, 3.63) is 47.5 Å². The van der Waals surface area contributed by atoms with Crippen LogP contribution in [0.5, 0.6) is 0 Å². The van der Waals surface area contributed by atoms with Gasteiger partial charge in [-0.15, -0.1) is 0 Å². The number of benzene rings is 1. The second kappa shape index (κ2) is 7.33. The zero-order chi connectivity index (χ0) is 18.0. The van der Waals surface area contributed by atoms with E-state index in [-0.39, 0.29) is 17.5 Å². The molecule has 0 aromatic heterocycles. The summed E-state index contributed by atoms with van der Waals surface area (Å²) in [7, 11) is 0. The highest BCUT2D eigenvalue weighted by Crippen LogP contribution is 2.53. The first-order chi connectivity index (χ1) is 11.9. The maximum Gasteiger partial charge on any atom is 0.302 e. The largest absolute Gasteiger partial charge is 0.465 e. The molecule has 5 atom stereocenters. The first-order valence-electron chi connectivity index (χ1n) is 9.41. The number of fused-ring (bicyclic) bond motifs is 2. The lowest BCUT2D eigenvalue weighted by Gasteiger charge is -2.55. The molecule has 2 aliphatic rings. The summed E-state index contributed by atoms with van der Waals surface area (Å²) in [4.78, 5) is 11.4. The fourth-order valence-electron chi connectivity index (χ4n) is 4.84. The number of carbonyl (C=O) groups excluding carboxylic acids is 1. The quantitative estimate of drug-likeness (QED) is 0.587. The van der Waals surface area contributed by atoms with Crippen LogP contribution in [-0.2, 0) is 20.7 Å². The lowest BCUT2D eigenvalue weighted by Crippen LogP contribution is -2.56. The highest BCUT2D eigenvalue weighted by molar-refractivity contribution is 5.65. The van der Waals surface area contributed by atoms with E-state index in [1.165, 1.54) is 18.1 Å². The van der Waals surface area contributed by atoms with Gasteiger partial charge in [0.15, 0.2) is 0 Å². The van der Waals surface area contributed by atoms with E-state index >= 15 is 0 Å². The van der Waals surface area contributed by atoms with Gasteiger partial charge in [0.1, 0.15) is 0 Å². The Kier molecular flexibility index (Phi) is 5.33. The molecule has 1 aromatic rings. The Morgan fingerprint density at radius 3 is 2.68 bits per heavy atom. The number of carbonyl (C=O) groups is 1. The minimum Gasteiger partial charge on any atom is -0.465 e. The van der Waals surface area contributed by atoms with Crippen LogP contribution in [0.15, 0.2) is 42.0 Å². The molecule has 1 saturated heterocycles. The van der Waals surface area contributed by atoms with Gasteiger partial charge >= 0.3 is 5.97 Å². The molecule has 1 aliphatic carbocycles. The third-order valence-electron chi connectivity index (χ3n) is 6.46. The van der Waals surface area contributed by atoms with Crippen LogP contribution in [0.3, 0.4) is 0 Å². The number of rotatable bonds is 5. The average Bonchev–Trinajstić information content (AvgIpc) is 2.58. The molecule has 0 amide bonds. The third kappa shape index (κ3) is 3.52. The molecule has 136 valence electrons. The van der Waals surface area contributed by atoms with Crippen molar-refractivity contribution in [3.63, 3.8) is 0 Å². The maximum absolute atomic E-state index is 11.4. The van der Waals surface area contributed by atoms with Crippen LogP contribution in [-0.4, -0.2) is 25.3 Å². The molecule has 0 radical (unpaired) electrons.